The molecule has 1 rings (SSSR count). The van der Waals surface area contributed by atoms with Gasteiger partial charge in [-0.25, -0.2) is 0 Å². The Morgan fingerprint density at radius 3 is 2.80 bits per heavy atom. The molecule has 0 aromatic carbocycles. The van der Waals surface area contributed by atoms with Crippen molar-refractivity contribution in [1.29, 1.82) is 0 Å². The molecule has 0 saturated heterocycles. The van der Waals surface area contributed by atoms with Crippen molar-refractivity contribution in [1.82, 2.24) is 14.7 Å². The molecule has 0 N–H and O–H groups in total. The molecule has 0 saturated carbocycles. The van der Waals surface area contributed by atoms with Crippen molar-refractivity contribution in [3.63, 3.8) is 0 Å². The van der Waals surface area contributed by atoms with Crippen LogP contribution < -0.4 is 0 Å². The van der Waals surface area contributed by atoms with Crippen molar-refractivity contribution < 1.29 is 0 Å². The average Bonchev–Trinajstić information content (AvgIpc) is 2.59. The molecule has 0 amide bonds. The lowest BCUT2D eigenvalue weighted by molar-refractivity contribution is 0.313. The van der Waals surface area contributed by atoms with Crippen LogP contribution in [0.4, 0.5) is 0 Å². The zero-order valence-corrected chi connectivity index (χ0v) is 10.4. The number of nitrogens with zero attached hydrogens (tertiary/aromatic N) is 3. The van der Waals surface area contributed by atoms with Gasteiger partial charge < -0.3 is 4.90 Å². The van der Waals surface area contributed by atoms with E-state index < -0.39 is 0 Å². The zero-order chi connectivity index (χ0) is 11.1. The van der Waals surface area contributed by atoms with Crippen molar-refractivity contribution in [2.45, 2.75) is 25.8 Å². The number of alkyl halides is 1. The number of halogens is 1. The van der Waals surface area contributed by atoms with Gasteiger partial charge in [0.15, 0.2) is 0 Å². The van der Waals surface area contributed by atoms with Crippen LogP contribution in [-0.4, -0.2) is 34.2 Å². The van der Waals surface area contributed by atoms with Crippen molar-refractivity contribution in [2.75, 3.05) is 19.5 Å². The number of aryl methyl sites for hydroxylation is 1. The van der Waals surface area contributed by atoms with Gasteiger partial charge in [-0.1, -0.05) is 6.42 Å². The van der Waals surface area contributed by atoms with E-state index in [2.05, 4.69) is 23.1 Å². The van der Waals surface area contributed by atoms with E-state index in [1.807, 2.05) is 17.9 Å². The summed E-state index contributed by atoms with van der Waals surface area (Å²) in [5.41, 5.74) is 1.14. The second-order valence-corrected chi connectivity index (χ2v) is 4.35. The molecule has 0 aliphatic carbocycles. The Kier molecular flexibility index (Phi) is 5.73. The van der Waals surface area contributed by atoms with Crippen molar-refractivity contribution in [2.24, 2.45) is 7.05 Å². The van der Waals surface area contributed by atoms with Gasteiger partial charge in [0.1, 0.15) is 0 Å². The highest BCUT2D eigenvalue weighted by atomic mass is 35.5. The highest BCUT2D eigenvalue weighted by molar-refractivity contribution is 6.17. The normalized spacial score (nSPS) is 11.2. The first kappa shape index (κ1) is 12.5. The van der Waals surface area contributed by atoms with Gasteiger partial charge in [0, 0.05) is 25.7 Å². The highest BCUT2D eigenvalue weighted by Gasteiger charge is 2.02. The summed E-state index contributed by atoms with van der Waals surface area (Å²) in [6, 6.07) is 2.06. The van der Waals surface area contributed by atoms with Crippen molar-refractivity contribution >= 4 is 11.6 Å². The first-order chi connectivity index (χ1) is 7.22. The molecule has 0 radical (unpaired) electrons. The number of hydrogen-bond donors (Lipinski definition) is 0. The van der Waals surface area contributed by atoms with E-state index in [4.69, 9.17) is 11.6 Å². The molecular formula is C11H20ClN3. The summed E-state index contributed by atoms with van der Waals surface area (Å²) in [7, 11) is 4.08. The Hall–Kier alpha value is -0.540. The molecule has 0 atom stereocenters. The average molecular weight is 230 g/mol. The van der Waals surface area contributed by atoms with Gasteiger partial charge in [-0.15, -0.1) is 11.6 Å². The molecule has 0 unspecified atom stereocenters. The van der Waals surface area contributed by atoms with Crippen LogP contribution in [-0.2, 0) is 13.6 Å². The minimum Gasteiger partial charge on any atom is -0.300 e. The van der Waals surface area contributed by atoms with Gasteiger partial charge in [0.05, 0.1) is 5.69 Å². The minimum absolute atomic E-state index is 0.782. The zero-order valence-electron chi connectivity index (χ0n) is 9.62. The fourth-order valence-electron chi connectivity index (χ4n) is 1.56. The monoisotopic (exact) mass is 229 g/mol. The summed E-state index contributed by atoms with van der Waals surface area (Å²) in [6.45, 7) is 2.05. The Morgan fingerprint density at radius 1 is 1.40 bits per heavy atom. The van der Waals surface area contributed by atoms with Crippen LogP contribution in [0.3, 0.4) is 0 Å². The standard InChI is InChI=1S/C11H20ClN3/c1-14(8-5-3-4-7-12)10-11-6-9-15(2)13-11/h6,9H,3-5,7-8,10H2,1-2H3. The van der Waals surface area contributed by atoms with Gasteiger partial charge >= 0.3 is 0 Å². The third-order valence-corrected chi connectivity index (χ3v) is 2.64. The van der Waals surface area contributed by atoms with E-state index in [-0.39, 0.29) is 0 Å². The van der Waals surface area contributed by atoms with Crippen molar-refractivity contribution in [3.05, 3.63) is 18.0 Å². The summed E-state index contributed by atoms with van der Waals surface area (Å²) >= 11 is 5.62. The van der Waals surface area contributed by atoms with Gasteiger partial charge in [-0.05, 0) is 32.5 Å². The number of rotatable bonds is 7. The SMILES string of the molecule is CN(CCCCCCl)Cc1ccn(C)n1. The minimum atomic E-state index is 0.782. The third kappa shape index (κ3) is 5.19. The van der Waals surface area contributed by atoms with Crippen LogP contribution in [0.5, 0.6) is 0 Å². The van der Waals surface area contributed by atoms with E-state index in [1.54, 1.807) is 0 Å². The molecule has 15 heavy (non-hydrogen) atoms. The van der Waals surface area contributed by atoms with E-state index >= 15 is 0 Å². The summed E-state index contributed by atoms with van der Waals surface area (Å²) < 4.78 is 1.84. The summed E-state index contributed by atoms with van der Waals surface area (Å²) in [5, 5.41) is 4.35. The smallest absolute Gasteiger partial charge is 0.0764 e. The molecule has 86 valence electrons. The largest absolute Gasteiger partial charge is 0.300 e. The fourth-order valence-corrected chi connectivity index (χ4v) is 1.75. The van der Waals surface area contributed by atoms with Crippen LogP contribution in [0, 0.1) is 0 Å². The lowest BCUT2D eigenvalue weighted by Gasteiger charge is -2.14. The van der Waals surface area contributed by atoms with E-state index in [1.165, 1.54) is 12.8 Å². The molecule has 0 bridgehead atoms. The van der Waals surface area contributed by atoms with Gasteiger partial charge in [0.2, 0.25) is 0 Å². The number of hydrogen-bond acceptors (Lipinski definition) is 2. The van der Waals surface area contributed by atoms with E-state index in [0.717, 1.165) is 31.1 Å². The van der Waals surface area contributed by atoms with Gasteiger partial charge in [-0.3, -0.25) is 4.68 Å². The molecule has 4 heteroatoms. The predicted octanol–water partition coefficient (Wildman–Crippen LogP) is 2.26. The van der Waals surface area contributed by atoms with Crippen LogP contribution in [0.1, 0.15) is 25.0 Å². The fraction of sp³-hybridized carbons (Fsp3) is 0.727. The molecule has 0 spiro atoms. The number of aromatic nitrogens is 2. The van der Waals surface area contributed by atoms with E-state index in [9.17, 15) is 0 Å². The second-order valence-electron chi connectivity index (χ2n) is 3.97. The third-order valence-electron chi connectivity index (χ3n) is 2.37. The maximum atomic E-state index is 5.62. The van der Waals surface area contributed by atoms with Gasteiger partial charge in [0.25, 0.3) is 0 Å². The van der Waals surface area contributed by atoms with Crippen LogP contribution in [0.15, 0.2) is 12.3 Å². The summed E-state index contributed by atoms with van der Waals surface area (Å²) in [5.74, 6) is 0.782. The predicted molar refractivity (Wildman–Crippen MR) is 64.1 cm³/mol. The topological polar surface area (TPSA) is 21.1 Å². The summed E-state index contributed by atoms with van der Waals surface area (Å²) in [4.78, 5) is 2.30. The molecule has 1 aromatic heterocycles. The molecule has 0 fully saturated rings. The second kappa shape index (κ2) is 6.85. The highest BCUT2D eigenvalue weighted by Crippen LogP contribution is 2.03. The molecule has 0 aliphatic heterocycles. The Labute approximate surface area is 97.0 Å². The maximum Gasteiger partial charge on any atom is 0.0764 e. The Balaban J connectivity index is 2.15. The number of unbranched alkanes of at least 4 members (excludes halogenated alkanes) is 2. The van der Waals surface area contributed by atoms with Crippen LogP contribution in [0.2, 0.25) is 0 Å². The Morgan fingerprint density at radius 2 is 2.20 bits per heavy atom. The molecule has 3 nitrogen and oxygen atoms in total. The van der Waals surface area contributed by atoms with Crippen LogP contribution >= 0.6 is 11.6 Å². The Bertz CT molecular complexity index is 273. The van der Waals surface area contributed by atoms with Gasteiger partial charge in [-0.2, -0.15) is 5.10 Å². The van der Waals surface area contributed by atoms with Crippen LogP contribution in [0.25, 0.3) is 0 Å². The quantitative estimate of drug-likeness (QED) is 0.528. The molecule has 1 aromatic rings. The summed E-state index contributed by atoms with van der Waals surface area (Å²) in [6.07, 6.45) is 5.54. The lowest BCUT2D eigenvalue weighted by Crippen LogP contribution is -2.19. The first-order valence-corrected chi connectivity index (χ1v) is 5.99. The van der Waals surface area contributed by atoms with E-state index in [0.29, 0.717) is 0 Å². The molecular weight excluding hydrogens is 210 g/mol. The molecule has 1 heterocycles. The first-order valence-electron chi connectivity index (χ1n) is 5.45. The van der Waals surface area contributed by atoms with Crippen molar-refractivity contribution in [3.8, 4) is 0 Å². The lowest BCUT2D eigenvalue weighted by atomic mass is 10.2. The maximum absolute atomic E-state index is 5.62. The molecule has 0 aliphatic rings.